The number of halogens is 1. The van der Waals surface area contributed by atoms with Gasteiger partial charge >= 0.3 is 0 Å². The third kappa shape index (κ3) is 2.75. The first-order valence-electron chi connectivity index (χ1n) is 6.16. The molecule has 1 atom stereocenters. The molecule has 1 fully saturated rings. The van der Waals surface area contributed by atoms with Gasteiger partial charge in [-0.05, 0) is 31.0 Å². The summed E-state index contributed by atoms with van der Waals surface area (Å²) in [6.07, 6.45) is 1.03. The number of benzene rings is 1. The molecule has 0 radical (unpaired) electrons. The van der Waals surface area contributed by atoms with E-state index in [2.05, 4.69) is 15.9 Å². The van der Waals surface area contributed by atoms with Crippen molar-refractivity contribution in [3.63, 3.8) is 0 Å². The molecule has 3 nitrogen and oxygen atoms in total. The summed E-state index contributed by atoms with van der Waals surface area (Å²) in [4.78, 5) is 14.4. The van der Waals surface area contributed by atoms with E-state index in [1.807, 2.05) is 30.0 Å². The van der Waals surface area contributed by atoms with Crippen molar-refractivity contribution >= 4 is 21.8 Å². The molecule has 0 bridgehead atoms. The number of nitrogens with zero attached hydrogens (tertiary/aromatic N) is 1. The first-order valence-corrected chi connectivity index (χ1v) is 6.96. The average molecular weight is 312 g/mol. The van der Waals surface area contributed by atoms with Crippen LogP contribution < -0.4 is 0 Å². The van der Waals surface area contributed by atoms with Gasteiger partial charge in [0.05, 0.1) is 6.61 Å². The van der Waals surface area contributed by atoms with Gasteiger partial charge in [-0.2, -0.15) is 0 Å². The number of ether oxygens (including phenoxy) is 1. The van der Waals surface area contributed by atoms with Crippen molar-refractivity contribution in [1.29, 1.82) is 0 Å². The molecule has 2 rings (SSSR count). The van der Waals surface area contributed by atoms with Gasteiger partial charge in [-0.1, -0.05) is 22.0 Å². The lowest BCUT2D eigenvalue weighted by molar-refractivity contribution is 0.0774. The van der Waals surface area contributed by atoms with Crippen LogP contribution in [-0.4, -0.2) is 37.6 Å². The van der Waals surface area contributed by atoms with Gasteiger partial charge in [-0.3, -0.25) is 4.79 Å². The average Bonchev–Trinajstić information content (AvgIpc) is 2.81. The third-order valence-electron chi connectivity index (χ3n) is 3.47. The van der Waals surface area contributed by atoms with Crippen molar-refractivity contribution in [2.75, 3.05) is 26.8 Å². The highest BCUT2D eigenvalue weighted by Crippen LogP contribution is 2.24. The van der Waals surface area contributed by atoms with E-state index >= 15 is 0 Å². The third-order valence-corrected chi connectivity index (χ3v) is 4.33. The zero-order valence-corrected chi connectivity index (χ0v) is 12.4. The number of carbonyl (C=O) groups is 1. The molecule has 1 aliphatic heterocycles. The number of likely N-dealkylation sites (tertiary alicyclic amines) is 1. The number of hydrogen-bond acceptors (Lipinski definition) is 2. The van der Waals surface area contributed by atoms with E-state index < -0.39 is 0 Å². The van der Waals surface area contributed by atoms with Gasteiger partial charge in [0.1, 0.15) is 0 Å². The molecule has 1 amide bonds. The van der Waals surface area contributed by atoms with Crippen LogP contribution in [0.25, 0.3) is 0 Å². The topological polar surface area (TPSA) is 29.5 Å². The normalized spacial score (nSPS) is 19.3. The fourth-order valence-electron chi connectivity index (χ4n) is 2.40. The van der Waals surface area contributed by atoms with E-state index in [0.717, 1.165) is 41.7 Å². The quantitative estimate of drug-likeness (QED) is 0.859. The number of rotatable bonds is 3. The number of amides is 1. The van der Waals surface area contributed by atoms with E-state index in [9.17, 15) is 4.79 Å². The highest BCUT2D eigenvalue weighted by Gasteiger charge is 2.27. The molecule has 1 aromatic carbocycles. The highest BCUT2D eigenvalue weighted by atomic mass is 79.9. The predicted octanol–water partition coefficient (Wildman–Crippen LogP) is 2.87. The summed E-state index contributed by atoms with van der Waals surface area (Å²) in [7, 11) is 1.71. The van der Waals surface area contributed by atoms with Gasteiger partial charge < -0.3 is 9.64 Å². The van der Waals surface area contributed by atoms with Crippen LogP contribution in [0.15, 0.2) is 22.7 Å². The molecule has 0 aliphatic carbocycles. The minimum absolute atomic E-state index is 0.132. The van der Waals surface area contributed by atoms with Crippen LogP contribution in [0, 0.1) is 12.8 Å². The first kappa shape index (κ1) is 13.6. The standard InChI is InChI=1S/C14H18BrNO2/c1-10-12(4-3-5-13(10)15)14(17)16-7-6-11(8-16)9-18-2/h3-5,11H,6-9H2,1-2H3/t11-/m0/s1. The van der Waals surface area contributed by atoms with Crippen molar-refractivity contribution in [2.45, 2.75) is 13.3 Å². The maximum atomic E-state index is 12.4. The minimum atomic E-state index is 0.132. The van der Waals surface area contributed by atoms with Gasteiger partial charge in [0.15, 0.2) is 0 Å². The molecule has 98 valence electrons. The molecule has 1 heterocycles. The Balaban J connectivity index is 2.11. The first-order chi connectivity index (χ1) is 8.63. The minimum Gasteiger partial charge on any atom is -0.384 e. The molecule has 0 unspecified atom stereocenters. The summed E-state index contributed by atoms with van der Waals surface area (Å²) in [5, 5.41) is 0. The second-order valence-corrected chi connectivity index (χ2v) is 5.63. The zero-order valence-electron chi connectivity index (χ0n) is 10.8. The predicted molar refractivity (Wildman–Crippen MR) is 74.8 cm³/mol. The Labute approximate surface area is 116 Å². The summed E-state index contributed by atoms with van der Waals surface area (Å²) in [5.74, 6) is 0.610. The van der Waals surface area contributed by atoms with Crippen LogP contribution >= 0.6 is 15.9 Å². The fraction of sp³-hybridized carbons (Fsp3) is 0.500. The second kappa shape index (κ2) is 5.85. The van der Waals surface area contributed by atoms with Crippen LogP contribution in [0.1, 0.15) is 22.3 Å². The van der Waals surface area contributed by atoms with E-state index in [0.29, 0.717) is 5.92 Å². The second-order valence-electron chi connectivity index (χ2n) is 4.77. The van der Waals surface area contributed by atoms with Crippen LogP contribution in [0.5, 0.6) is 0 Å². The Morgan fingerprint density at radius 1 is 1.56 bits per heavy atom. The molecule has 1 aromatic rings. The Bertz CT molecular complexity index is 447. The van der Waals surface area contributed by atoms with Crippen LogP contribution in [0.2, 0.25) is 0 Å². The van der Waals surface area contributed by atoms with Crippen molar-refractivity contribution in [3.8, 4) is 0 Å². The zero-order chi connectivity index (χ0) is 13.1. The number of hydrogen-bond donors (Lipinski definition) is 0. The smallest absolute Gasteiger partial charge is 0.254 e. The Morgan fingerprint density at radius 2 is 2.33 bits per heavy atom. The molecule has 0 spiro atoms. The van der Waals surface area contributed by atoms with Crippen molar-refractivity contribution in [2.24, 2.45) is 5.92 Å². The maximum Gasteiger partial charge on any atom is 0.254 e. The van der Waals surface area contributed by atoms with Crippen molar-refractivity contribution in [3.05, 3.63) is 33.8 Å². The molecule has 0 saturated carbocycles. The molecule has 0 aromatic heterocycles. The van der Waals surface area contributed by atoms with Crippen molar-refractivity contribution in [1.82, 2.24) is 4.90 Å². The Morgan fingerprint density at radius 3 is 3.06 bits per heavy atom. The summed E-state index contributed by atoms with van der Waals surface area (Å²) >= 11 is 3.47. The molecule has 0 N–H and O–H groups in total. The van der Waals surface area contributed by atoms with Crippen LogP contribution in [-0.2, 0) is 4.74 Å². The van der Waals surface area contributed by atoms with E-state index in [1.165, 1.54) is 0 Å². The van der Waals surface area contributed by atoms with E-state index in [4.69, 9.17) is 4.74 Å². The molecule has 1 saturated heterocycles. The maximum absolute atomic E-state index is 12.4. The molecular weight excluding hydrogens is 294 g/mol. The van der Waals surface area contributed by atoms with Crippen LogP contribution in [0.4, 0.5) is 0 Å². The van der Waals surface area contributed by atoms with Crippen molar-refractivity contribution < 1.29 is 9.53 Å². The number of methoxy groups -OCH3 is 1. The Kier molecular flexibility index (Phi) is 4.40. The van der Waals surface area contributed by atoms with Crippen LogP contribution in [0.3, 0.4) is 0 Å². The molecular formula is C14H18BrNO2. The lowest BCUT2D eigenvalue weighted by Crippen LogP contribution is -2.29. The van der Waals surface area contributed by atoms with Gasteiger partial charge in [-0.15, -0.1) is 0 Å². The SMILES string of the molecule is COC[C@H]1CCN(C(=O)c2cccc(Br)c2C)C1. The summed E-state index contributed by atoms with van der Waals surface area (Å²) in [6.45, 7) is 4.35. The summed E-state index contributed by atoms with van der Waals surface area (Å²) < 4.78 is 6.14. The largest absolute Gasteiger partial charge is 0.384 e. The van der Waals surface area contributed by atoms with Gasteiger partial charge in [0.25, 0.3) is 5.91 Å². The molecule has 18 heavy (non-hydrogen) atoms. The molecule has 4 heteroatoms. The van der Waals surface area contributed by atoms with Gasteiger partial charge in [0, 0.05) is 36.2 Å². The summed E-state index contributed by atoms with van der Waals surface area (Å²) in [5.41, 5.74) is 1.81. The fourth-order valence-corrected chi connectivity index (χ4v) is 2.76. The lowest BCUT2D eigenvalue weighted by atomic mass is 10.1. The van der Waals surface area contributed by atoms with Gasteiger partial charge in [-0.25, -0.2) is 0 Å². The van der Waals surface area contributed by atoms with E-state index in [1.54, 1.807) is 7.11 Å². The summed E-state index contributed by atoms with van der Waals surface area (Å²) in [6, 6.07) is 5.77. The number of carbonyl (C=O) groups excluding carboxylic acids is 1. The Hall–Kier alpha value is -0.870. The van der Waals surface area contributed by atoms with Gasteiger partial charge in [0.2, 0.25) is 0 Å². The highest BCUT2D eigenvalue weighted by molar-refractivity contribution is 9.10. The lowest BCUT2D eigenvalue weighted by Gasteiger charge is -2.18. The monoisotopic (exact) mass is 311 g/mol. The van der Waals surface area contributed by atoms with E-state index in [-0.39, 0.29) is 5.91 Å². The molecule has 1 aliphatic rings.